The summed E-state index contributed by atoms with van der Waals surface area (Å²) in [4.78, 5) is 14.8. The Balaban J connectivity index is 2.23. The van der Waals surface area contributed by atoms with Gasteiger partial charge in [-0.05, 0) is 6.07 Å². The molecule has 0 aliphatic carbocycles. The van der Waals surface area contributed by atoms with E-state index in [0.717, 1.165) is 4.31 Å². The van der Waals surface area contributed by atoms with Crippen molar-refractivity contribution < 1.29 is 18.1 Å². The highest BCUT2D eigenvalue weighted by molar-refractivity contribution is 7.89. The Morgan fingerprint density at radius 3 is 2.86 bits per heavy atom. The maximum Gasteiger partial charge on any atom is 0.270 e. The third kappa shape index (κ3) is 2.06. The molecule has 0 fully saturated rings. The first-order chi connectivity index (χ1) is 10.3. The van der Waals surface area contributed by atoms with E-state index >= 15 is 0 Å². The number of nitro groups is 1. The van der Waals surface area contributed by atoms with Crippen LogP contribution in [-0.4, -0.2) is 43.0 Å². The average Bonchev–Trinajstić information content (AvgIpc) is 2.44. The predicted molar refractivity (Wildman–Crippen MR) is 78.1 cm³/mol. The third-order valence-corrected chi connectivity index (χ3v) is 5.80. The van der Waals surface area contributed by atoms with Gasteiger partial charge < -0.3 is 10.5 Å². The summed E-state index contributed by atoms with van der Waals surface area (Å²) in [5.41, 5.74) is 4.83. The maximum absolute atomic E-state index is 12.3. The minimum absolute atomic E-state index is 0.134. The Morgan fingerprint density at radius 1 is 1.50 bits per heavy atom. The van der Waals surface area contributed by atoms with Gasteiger partial charge in [0, 0.05) is 31.2 Å². The molecule has 2 aliphatic rings. The van der Waals surface area contributed by atoms with Crippen LogP contribution in [0, 0.1) is 10.1 Å². The highest BCUT2D eigenvalue weighted by atomic mass is 32.2. The number of guanidine groups is 1. The molecule has 2 aliphatic heterocycles. The van der Waals surface area contributed by atoms with Crippen molar-refractivity contribution in [3.8, 4) is 5.75 Å². The molecule has 10 heteroatoms. The van der Waals surface area contributed by atoms with Crippen LogP contribution in [0.15, 0.2) is 23.2 Å². The van der Waals surface area contributed by atoms with Crippen LogP contribution in [0.4, 0.5) is 5.69 Å². The molecule has 0 radical (unpaired) electrons. The van der Waals surface area contributed by atoms with Crippen molar-refractivity contribution in [2.45, 2.75) is 12.0 Å². The van der Waals surface area contributed by atoms with Crippen LogP contribution in [0.5, 0.6) is 5.75 Å². The summed E-state index contributed by atoms with van der Waals surface area (Å²) in [6, 6.07) is 4.09. The summed E-state index contributed by atoms with van der Waals surface area (Å²) in [7, 11) is -2.31. The zero-order chi connectivity index (χ0) is 16.1. The fourth-order valence-electron chi connectivity index (χ4n) is 2.71. The van der Waals surface area contributed by atoms with Gasteiger partial charge >= 0.3 is 0 Å². The van der Waals surface area contributed by atoms with Crippen molar-refractivity contribution in [1.29, 1.82) is 0 Å². The standard InChI is InChI=1S/C12H14N4O5S/c1-15-11(13)14-12(7-22(15,19)20)4-5-21-10-3-2-8(16(17)18)6-9(10)12/h2-3,6H,4-5,7H2,1H3,(H2,13,14)/t12-/m0/s1. The number of aliphatic imine (C=N–C) groups is 1. The second-order valence-corrected chi connectivity index (χ2v) is 7.26. The Bertz CT molecular complexity index is 791. The molecule has 2 heterocycles. The van der Waals surface area contributed by atoms with E-state index < -0.39 is 20.5 Å². The third-order valence-electron chi connectivity index (χ3n) is 3.94. The van der Waals surface area contributed by atoms with Crippen LogP contribution < -0.4 is 10.5 Å². The van der Waals surface area contributed by atoms with Gasteiger partial charge in [-0.2, -0.15) is 0 Å². The van der Waals surface area contributed by atoms with Crippen molar-refractivity contribution >= 4 is 21.7 Å². The number of ether oxygens (including phenoxy) is 1. The lowest BCUT2D eigenvalue weighted by atomic mass is 9.86. The predicted octanol–water partition coefficient (Wildman–Crippen LogP) is 0.163. The Labute approximate surface area is 126 Å². The fourth-order valence-corrected chi connectivity index (χ4v) is 4.20. The Hall–Kier alpha value is -2.36. The van der Waals surface area contributed by atoms with Gasteiger partial charge in [0.05, 0.1) is 17.3 Å². The molecule has 0 aromatic heterocycles. The lowest BCUT2D eigenvalue weighted by Crippen LogP contribution is -2.52. The van der Waals surface area contributed by atoms with Gasteiger partial charge in [-0.15, -0.1) is 0 Å². The molecule has 9 nitrogen and oxygen atoms in total. The van der Waals surface area contributed by atoms with Crippen LogP contribution in [0.1, 0.15) is 12.0 Å². The normalized spacial score (nSPS) is 26.0. The highest BCUT2D eigenvalue weighted by Gasteiger charge is 2.47. The number of non-ortho nitro benzene ring substituents is 1. The van der Waals surface area contributed by atoms with Gasteiger partial charge in [0.2, 0.25) is 16.0 Å². The molecule has 1 atom stereocenters. The number of fused-ring (bicyclic) bond motifs is 2. The number of nitrogens with two attached hydrogens (primary N) is 1. The molecule has 0 unspecified atom stereocenters. The first kappa shape index (κ1) is 14.6. The number of nitro benzene ring substituents is 1. The molecule has 22 heavy (non-hydrogen) atoms. The summed E-state index contributed by atoms with van der Waals surface area (Å²) in [6.07, 6.45) is 0.287. The summed E-state index contributed by atoms with van der Waals surface area (Å²) < 4.78 is 31.0. The lowest BCUT2D eigenvalue weighted by molar-refractivity contribution is -0.385. The molecule has 1 aromatic rings. The second kappa shape index (κ2) is 4.57. The van der Waals surface area contributed by atoms with Crippen molar-refractivity contribution in [2.24, 2.45) is 10.7 Å². The molecule has 0 bridgehead atoms. The Morgan fingerprint density at radius 2 is 2.23 bits per heavy atom. The SMILES string of the molecule is CN1C(N)=N[C@@]2(CCOc3ccc([N+](=O)[O-])cc32)CS1(=O)=O. The summed E-state index contributed by atoms with van der Waals surface area (Å²) in [5, 5.41) is 11.0. The molecule has 3 rings (SSSR count). The molecule has 118 valence electrons. The van der Waals surface area contributed by atoms with Crippen LogP contribution in [0.3, 0.4) is 0 Å². The number of rotatable bonds is 1. The van der Waals surface area contributed by atoms with Gasteiger partial charge in [0.1, 0.15) is 11.3 Å². The van der Waals surface area contributed by atoms with Gasteiger partial charge in [0.25, 0.3) is 5.69 Å². The first-order valence-electron chi connectivity index (χ1n) is 6.49. The van der Waals surface area contributed by atoms with Crippen LogP contribution in [0.2, 0.25) is 0 Å². The number of nitrogens with zero attached hydrogens (tertiary/aromatic N) is 3. The lowest BCUT2D eigenvalue weighted by Gasteiger charge is -2.40. The molecule has 2 N–H and O–H groups in total. The average molecular weight is 326 g/mol. The largest absolute Gasteiger partial charge is 0.493 e. The van der Waals surface area contributed by atoms with Gasteiger partial charge in [0.15, 0.2) is 0 Å². The minimum Gasteiger partial charge on any atom is -0.493 e. The molecule has 1 aromatic carbocycles. The van der Waals surface area contributed by atoms with E-state index in [9.17, 15) is 18.5 Å². The molecular formula is C12H14N4O5S. The van der Waals surface area contributed by atoms with Crippen molar-refractivity contribution in [3.05, 3.63) is 33.9 Å². The topological polar surface area (TPSA) is 128 Å². The van der Waals surface area contributed by atoms with E-state index in [4.69, 9.17) is 10.5 Å². The molecule has 0 amide bonds. The minimum atomic E-state index is -3.64. The first-order valence-corrected chi connectivity index (χ1v) is 8.10. The van der Waals surface area contributed by atoms with E-state index in [1.54, 1.807) is 0 Å². The molecule has 0 saturated carbocycles. The van der Waals surface area contributed by atoms with Crippen LogP contribution >= 0.6 is 0 Å². The molecule has 1 spiro atoms. The molecule has 0 saturated heterocycles. The zero-order valence-corrected chi connectivity index (χ0v) is 12.5. The smallest absolute Gasteiger partial charge is 0.270 e. The quantitative estimate of drug-likeness (QED) is 0.578. The van der Waals surface area contributed by atoms with E-state index in [1.165, 1.54) is 25.2 Å². The van der Waals surface area contributed by atoms with Gasteiger partial charge in [-0.3, -0.25) is 10.1 Å². The van der Waals surface area contributed by atoms with E-state index in [-0.39, 0.29) is 30.4 Å². The van der Waals surface area contributed by atoms with E-state index in [1.807, 2.05) is 0 Å². The van der Waals surface area contributed by atoms with Crippen molar-refractivity contribution in [1.82, 2.24) is 4.31 Å². The zero-order valence-electron chi connectivity index (χ0n) is 11.7. The maximum atomic E-state index is 12.3. The number of hydrogen-bond acceptors (Lipinski definition) is 7. The van der Waals surface area contributed by atoms with Gasteiger partial charge in [-0.1, -0.05) is 0 Å². The highest BCUT2D eigenvalue weighted by Crippen LogP contribution is 2.44. The van der Waals surface area contributed by atoms with Crippen molar-refractivity contribution in [2.75, 3.05) is 19.4 Å². The van der Waals surface area contributed by atoms with Crippen LogP contribution in [0.25, 0.3) is 0 Å². The van der Waals surface area contributed by atoms with Crippen molar-refractivity contribution in [3.63, 3.8) is 0 Å². The number of benzene rings is 1. The molecular weight excluding hydrogens is 312 g/mol. The summed E-state index contributed by atoms with van der Waals surface area (Å²) >= 11 is 0. The fraction of sp³-hybridized carbons (Fsp3) is 0.417. The van der Waals surface area contributed by atoms with Crippen LogP contribution in [-0.2, 0) is 15.6 Å². The number of sulfonamides is 1. The van der Waals surface area contributed by atoms with E-state index in [2.05, 4.69) is 4.99 Å². The van der Waals surface area contributed by atoms with E-state index in [0.29, 0.717) is 11.3 Å². The number of hydrogen-bond donors (Lipinski definition) is 1. The Kier molecular flexibility index (Phi) is 3.02. The summed E-state index contributed by atoms with van der Waals surface area (Å²) in [6.45, 7) is 0.265. The monoisotopic (exact) mass is 326 g/mol. The van der Waals surface area contributed by atoms with Gasteiger partial charge in [-0.25, -0.2) is 17.7 Å². The second-order valence-electron chi connectivity index (χ2n) is 5.26. The summed E-state index contributed by atoms with van der Waals surface area (Å²) in [5.74, 6) is -0.0342.